The highest BCUT2D eigenvalue weighted by atomic mass is 79.9. The summed E-state index contributed by atoms with van der Waals surface area (Å²) in [5, 5.41) is 3.28. The third kappa shape index (κ3) is 2.33. The van der Waals surface area contributed by atoms with Crippen molar-refractivity contribution in [1.29, 1.82) is 0 Å². The number of hydrogen-bond acceptors (Lipinski definition) is 2. The first-order valence-corrected chi connectivity index (χ1v) is 4.15. The second-order valence-electron chi connectivity index (χ2n) is 2.90. The van der Waals surface area contributed by atoms with Crippen molar-refractivity contribution in [3.8, 4) is 0 Å². The Balaban J connectivity index is 4.10. The minimum atomic E-state index is -0.730. The van der Waals surface area contributed by atoms with E-state index in [9.17, 15) is 9.30 Å². The summed E-state index contributed by atoms with van der Waals surface area (Å²) in [5.74, 6) is 0. The van der Waals surface area contributed by atoms with Crippen molar-refractivity contribution in [2.24, 2.45) is 10.6 Å². The fraction of sp³-hybridized carbons (Fsp3) is 1.00. The Morgan fingerprint density at radius 1 is 1.70 bits per heavy atom. The topological polar surface area (TPSA) is 29.4 Å². The molecule has 2 nitrogen and oxygen atoms in total. The molecule has 60 valence electrons. The van der Waals surface area contributed by atoms with Gasteiger partial charge in [0.2, 0.25) is 0 Å². The Bertz CT molecular complexity index is 118. The number of nitrogens with zero attached hydrogens (tertiary/aromatic N) is 1. The molecule has 0 aliphatic carbocycles. The van der Waals surface area contributed by atoms with Crippen LogP contribution >= 0.6 is 15.9 Å². The summed E-state index contributed by atoms with van der Waals surface area (Å²) < 4.78 is 12.0. The summed E-state index contributed by atoms with van der Waals surface area (Å²) in [4.78, 5) is 10.0. The Morgan fingerprint density at radius 2 is 2.20 bits per heavy atom. The molecule has 0 aromatic rings. The zero-order valence-electron chi connectivity index (χ0n) is 6.10. The second-order valence-corrected chi connectivity index (χ2v) is 3.46. The molecule has 0 aliphatic heterocycles. The van der Waals surface area contributed by atoms with E-state index in [0.29, 0.717) is 5.33 Å². The van der Waals surface area contributed by atoms with Gasteiger partial charge < -0.3 is 0 Å². The average molecular weight is 212 g/mol. The highest BCUT2D eigenvalue weighted by Crippen LogP contribution is 2.25. The van der Waals surface area contributed by atoms with Crippen LogP contribution in [0.3, 0.4) is 0 Å². The standard InChI is InChI=1S/C6H11BrFNO/c1-6(2,4-7)5(3-8)9-10/h5H,3-4H2,1-2H3. The molecule has 0 bridgehead atoms. The number of rotatable bonds is 4. The van der Waals surface area contributed by atoms with Crippen LogP contribution in [0.4, 0.5) is 4.39 Å². The first-order valence-electron chi connectivity index (χ1n) is 3.03. The fourth-order valence-electron chi connectivity index (χ4n) is 0.469. The fourth-order valence-corrected chi connectivity index (χ4v) is 0.842. The van der Waals surface area contributed by atoms with Gasteiger partial charge in [0.15, 0.2) is 0 Å². The third-order valence-corrected chi connectivity index (χ3v) is 2.97. The summed E-state index contributed by atoms with van der Waals surface area (Å²) in [6, 6.07) is -0.730. The number of alkyl halides is 2. The molecule has 0 aliphatic rings. The van der Waals surface area contributed by atoms with Crippen molar-refractivity contribution in [2.45, 2.75) is 19.9 Å². The number of hydrogen-bond donors (Lipinski definition) is 0. The van der Waals surface area contributed by atoms with E-state index in [1.807, 2.05) is 0 Å². The predicted octanol–water partition coefficient (Wildman–Crippen LogP) is 2.51. The van der Waals surface area contributed by atoms with Gasteiger partial charge in [-0.2, -0.15) is 4.91 Å². The molecule has 10 heavy (non-hydrogen) atoms. The molecule has 4 heteroatoms. The van der Waals surface area contributed by atoms with E-state index in [1.54, 1.807) is 13.8 Å². The van der Waals surface area contributed by atoms with Crippen molar-refractivity contribution in [1.82, 2.24) is 0 Å². The first-order chi connectivity index (χ1) is 4.58. The third-order valence-electron chi connectivity index (χ3n) is 1.52. The molecule has 0 N–H and O–H groups in total. The van der Waals surface area contributed by atoms with Crippen LogP contribution in [0.5, 0.6) is 0 Å². The van der Waals surface area contributed by atoms with Crippen molar-refractivity contribution in [2.75, 3.05) is 12.0 Å². The van der Waals surface area contributed by atoms with Crippen molar-refractivity contribution < 1.29 is 4.39 Å². The molecule has 0 spiro atoms. The quantitative estimate of drug-likeness (QED) is 0.520. The van der Waals surface area contributed by atoms with Gasteiger partial charge in [-0.3, -0.25) is 0 Å². The van der Waals surface area contributed by atoms with Gasteiger partial charge in [0.1, 0.15) is 12.7 Å². The van der Waals surface area contributed by atoms with Crippen LogP contribution in [0.25, 0.3) is 0 Å². The first kappa shape index (κ1) is 10.0. The van der Waals surface area contributed by atoms with Gasteiger partial charge in [-0.1, -0.05) is 35.0 Å². The van der Waals surface area contributed by atoms with E-state index in [4.69, 9.17) is 0 Å². The van der Waals surface area contributed by atoms with Crippen molar-refractivity contribution >= 4 is 15.9 Å². The summed E-state index contributed by atoms with van der Waals surface area (Å²) in [6.07, 6.45) is 0. The second kappa shape index (κ2) is 4.01. The largest absolute Gasteiger partial charge is 0.249 e. The lowest BCUT2D eigenvalue weighted by atomic mass is 9.88. The van der Waals surface area contributed by atoms with E-state index in [1.165, 1.54) is 0 Å². The van der Waals surface area contributed by atoms with Crippen LogP contribution in [0.1, 0.15) is 13.8 Å². The van der Waals surface area contributed by atoms with Gasteiger partial charge >= 0.3 is 0 Å². The number of nitroso groups, excluding NO2 is 1. The smallest absolute Gasteiger partial charge is 0.126 e. The molecular weight excluding hydrogens is 201 g/mol. The van der Waals surface area contributed by atoms with Gasteiger partial charge in [-0.05, 0) is 0 Å². The van der Waals surface area contributed by atoms with Crippen molar-refractivity contribution in [3.05, 3.63) is 4.91 Å². The summed E-state index contributed by atoms with van der Waals surface area (Å²) in [6.45, 7) is 2.92. The average Bonchev–Trinajstić information content (AvgIpc) is 1.90. The molecule has 1 unspecified atom stereocenters. The normalized spacial score (nSPS) is 14.8. The Morgan fingerprint density at radius 3 is 2.30 bits per heavy atom. The summed E-state index contributed by atoms with van der Waals surface area (Å²) >= 11 is 3.19. The van der Waals surface area contributed by atoms with E-state index >= 15 is 0 Å². The zero-order chi connectivity index (χ0) is 8.20. The lowest BCUT2D eigenvalue weighted by Crippen LogP contribution is -2.30. The maximum atomic E-state index is 12.0. The van der Waals surface area contributed by atoms with Crippen LogP contribution < -0.4 is 0 Å². The molecule has 1 atom stereocenters. The maximum Gasteiger partial charge on any atom is 0.126 e. The highest BCUT2D eigenvalue weighted by molar-refractivity contribution is 9.09. The summed E-state index contributed by atoms with van der Waals surface area (Å²) in [5.41, 5.74) is -0.378. The molecule has 0 radical (unpaired) electrons. The predicted molar refractivity (Wildman–Crippen MR) is 43.1 cm³/mol. The molecule has 0 aromatic heterocycles. The van der Waals surface area contributed by atoms with Crippen LogP contribution in [-0.2, 0) is 0 Å². The maximum absolute atomic E-state index is 12.0. The van der Waals surface area contributed by atoms with Gasteiger partial charge in [-0.15, -0.1) is 0 Å². The lowest BCUT2D eigenvalue weighted by molar-refractivity contribution is 0.272. The molecular formula is C6H11BrFNO. The highest BCUT2D eigenvalue weighted by Gasteiger charge is 2.29. The van der Waals surface area contributed by atoms with Crippen LogP contribution in [0, 0.1) is 10.3 Å². The van der Waals surface area contributed by atoms with Crippen LogP contribution in [-0.4, -0.2) is 18.0 Å². The van der Waals surface area contributed by atoms with Crippen LogP contribution in [0.2, 0.25) is 0 Å². The SMILES string of the molecule is CC(C)(CBr)C(CF)N=O. The van der Waals surface area contributed by atoms with E-state index in [2.05, 4.69) is 21.1 Å². The van der Waals surface area contributed by atoms with Gasteiger partial charge in [0.05, 0.1) is 0 Å². The van der Waals surface area contributed by atoms with E-state index in [0.717, 1.165) is 0 Å². The van der Waals surface area contributed by atoms with Crippen molar-refractivity contribution in [3.63, 3.8) is 0 Å². The van der Waals surface area contributed by atoms with Gasteiger partial charge in [0.25, 0.3) is 0 Å². The molecule has 0 aromatic carbocycles. The molecule has 0 heterocycles. The zero-order valence-corrected chi connectivity index (χ0v) is 7.69. The Kier molecular flexibility index (Phi) is 4.01. The monoisotopic (exact) mass is 211 g/mol. The molecule has 0 rings (SSSR count). The Hall–Kier alpha value is 0.01000. The van der Waals surface area contributed by atoms with E-state index < -0.39 is 12.7 Å². The molecule has 0 amide bonds. The molecule has 0 saturated heterocycles. The van der Waals surface area contributed by atoms with Crippen LogP contribution in [0.15, 0.2) is 5.18 Å². The van der Waals surface area contributed by atoms with Gasteiger partial charge in [-0.25, -0.2) is 4.39 Å². The molecule has 0 saturated carbocycles. The van der Waals surface area contributed by atoms with E-state index in [-0.39, 0.29) is 5.41 Å². The number of halogens is 2. The van der Waals surface area contributed by atoms with Gasteiger partial charge in [0, 0.05) is 10.7 Å². The Labute approximate surface area is 68.3 Å². The summed E-state index contributed by atoms with van der Waals surface area (Å²) in [7, 11) is 0. The minimum absolute atomic E-state index is 0.378. The molecule has 0 fully saturated rings. The lowest BCUT2D eigenvalue weighted by Gasteiger charge is -2.24. The minimum Gasteiger partial charge on any atom is -0.249 e.